The van der Waals surface area contributed by atoms with E-state index < -0.39 is 36.2 Å². The number of hydrogen-bond acceptors (Lipinski definition) is 4. The summed E-state index contributed by atoms with van der Waals surface area (Å²) in [4.78, 5) is 13.3. The van der Waals surface area contributed by atoms with Crippen molar-refractivity contribution < 1.29 is 40.6 Å². The lowest BCUT2D eigenvalue weighted by atomic mass is 9.86. The van der Waals surface area contributed by atoms with Gasteiger partial charge in [-0.3, -0.25) is 0 Å². The molecule has 1 heterocycles. The molecule has 0 aromatic heterocycles. The third-order valence-corrected chi connectivity index (χ3v) is 5.52. The van der Waals surface area contributed by atoms with Crippen molar-refractivity contribution in [1.29, 1.82) is 0 Å². The van der Waals surface area contributed by atoms with Gasteiger partial charge in [-0.25, -0.2) is 9.18 Å². The molecule has 32 heavy (non-hydrogen) atoms. The second-order valence-corrected chi connectivity index (χ2v) is 7.45. The molecule has 2 aromatic rings. The predicted molar refractivity (Wildman–Crippen MR) is 104 cm³/mol. The molecule has 0 radical (unpaired) electrons. The van der Waals surface area contributed by atoms with Crippen molar-refractivity contribution in [2.24, 2.45) is 0 Å². The van der Waals surface area contributed by atoms with Crippen molar-refractivity contribution in [1.82, 2.24) is 0 Å². The molecule has 1 saturated heterocycles. The standard InChI is InChI=1S/C22H21F6NO3/c1-31-20(30)18-9-8-16(10-19(18)23)29-11-14(4-7-17(29)12-32-21(24)25)13-2-5-15(6-3-13)22(26,27)28/h2-3,5-6,8-10,14,17,21H,4,7,11-12H2,1H3/t14?,17-/m0/s1. The van der Waals surface area contributed by atoms with Crippen LogP contribution in [0, 0.1) is 5.82 Å². The Morgan fingerprint density at radius 2 is 1.81 bits per heavy atom. The number of nitrogens with zero attached hydrogens (tertiary/aromatic N) is 1. The Labute approximate surface area is 180 Å². The first kappa shape index (κ1) is 23.9. The third-order valence-electron chi connectivity index (χ3n) is 5.52. The Bertz CT molecular complexity index is 932. The molecule has 10 heteroatoms. The van der Waals surface area contributed by atoms with Crippen LogP contribution in [0.2, 0.25) is 0 Å². The lowest BCUT2D eigenvalue weighted by Crippen LogP contribution is -2.45. The molecule has 3 rings (SSSR count). The van der Waals surface area contributed by atoms with E-state index in [9.17, 15) is 31.1 Å². The fraction of sp³-hybridized carbons (Fsp3) is 0.409. The fourth-order valence-electron chi connectivity index (χ4n) is 3.88. The van der Waals surface area contributed by atoms with Gasteiger partial charge in [0.15, 0.2) is 0 Å². The van der Waals surface area contributed by atoms with Crippen molar-refractivity contribution >= 4 is 11.7 Å². The summed E-state index contributed by atoms with van der Waals surface area (Å²) in [6.07, 6.45) is -3.52. The summed E-state index contributed by atoms with van der Waals surface area (Å²) in [5.74, 6) is -1.89. The molecule has 4 nitrogen and oxygen atoms in total. The number of esters is 1. The maximum Gasteiger partial charge on any atom is 0.416 e. The van der Waals surface area contributed by atoms with Crippen molar-refractivity contribution in [2.45, 2.75) is 37.6 Å². The Kier molecular flexibility index (Phi) is 7.33. The van der Waals surface area contributed by atoms with E-state index in [4.69, 9.17) is 0 Å². The Balaban J connectivity index is 1.86. The highest BCUT2D eigenvalue weighted by molar-refractivity contribution is 5.90. The minimum atomic E-state index is -4.45. The Hall–Kier alpha value is -2.75. The normalized spacial score (nSPS) is 19.3. The van der Waals surface area contributed by atoms with Gasteiger partial charge in [-0.1, -0.05) is 12.1 Å². The summed E-state index contributed by atoms with van der Waals surface area (Å²) in [5.41, 5.74) is -0.0389. The average molecular weight is 461 g/mol. The highest BCUT2D eigenvalue weighted by Gasteiger charge is 2.33. The van der Waals surface area contributed by atoms with Crippen LogP contribution in [0.3, 0.4) is 0 Å². The van der Waals surface area contributed by atoms with Crippen molar-refractivity contribution in [2.75, 3.05) is 25.2 Å². The smallest absolute Gasteiger partial charge is 0.416 e. The topological polar surface area (TPSA) is 38.8 Å². The van der Waals surface area contributed by atoms with E-state index in [0.717, 1.165) is 25.3 Å². The van der Waals surface area contributed by atoms with E-state index >= 15 is 0 Å². The number of halogens is 6. The fourth-order valence-corrected chi connectivity index (χ4v) is 3.88. The van der Waals surface area contributed by atoms with Gasteiger partial charge >= 0.3 is 18.8 Å². The SMILES string of the molecule is COC(=O)c1ccc(N2CC(c3ccc(C(F)(F)F)cc3)CC[C@H]2COC(F)F)cc1F. The summed E-state index contributed by atoms with van der Waals surface area (Å²) in [6, 6.07) is 8.09. The number of alkyl halides is 5. The van der Waals surface area contributed by atoms with E-state index in [0.29, 0.717) is 24.1 Å². The van der Waals surface area contributed by atoms with Gasteiger partial charge < -0.3 is 14.4 Å². The zero-order valence-electron chi connectivity index (χ0n) is 17.0. The molecule has 1 aliphatic rings. The van der Waals surface area contributed by atoms with Crippen LogP contribution in [0.15, 0.2) is 42.5 Å². The number of carbonyl (C=O) groups excluding carboxylic acids is 1. The van der Waals surface area contributed by atoms with Crippen molar-refractivity contribution in [3.63, 3.8) is 0 Å². The van der Waals surface area contributed by atoms with E-state index in [-0.39, 0.29) is 24.6 Å². The molecule has 1 fully saturated rings. The third kappa shape index (κ3) is 5.53. The number of benzene rings is 2. The molecule has 174 valence electrons. The van der Waals surface area contributed by atoms with Crippen molar-refractivity contribution in [3.8, 4) is 0 Å². The highest BCUT2D eigenvalue weighted by Crippen LogP contribution is 2.36. The quantitative estimate of drug-likeness (QED) is 0.413. The maximum absolute atomic E-state index is 14.5. The zero-order chi connectivity index (χ0) is 23.5. The Morgan fingerprint density at radius 3 is 2.38 bits per heavy atom. The number of anilines is 1. The monoisotopic (exact) mass is 461 g/mol. The molecular weight excluding hydrogens is 440 g/mol. The van der Waals surface area contributed by atoms with Gasteiger partial charge in [0.2, 0.25) is 0 Å². The molecule has 1 aliphatic heterocycles. The number of piperidine rings is 1. The molecule has 1 unspecified atom stereocenters. The van der Waals surface area contributed by atoms with Crippen LogP contribution in [-0.4, -0.2) is 38.9 Å². The number of carbonyl (C=O) groups is 1. The van der Waals surface area contributed by atoms with Gasteiger partial charge in [0.1, 0.15) is 5.82 Å². The van der Waals surface area contributed by atoms with Crippen LogP contribution < -0.4 is 4.90 Å². The first-order chi connectivity index (χ1) is 15.1. The molecular formula is C22H21F6NO3. The molecule has 0 N–H and O–H groups in total. The van der Waals surface area contributed by atoms with E-state index in [1.54, 1.807) is 4.90 Å². The second-order valence-electron chi connectivity index (χ2n) is 7.45. The van der Waals surface area contributed by atoms with Crippen LogP contribution in [0.4, 0.5) is 32.0 Å². The first-order valence-electron chi connectivity index (χ1n) is 9.81. The summed E-state index contributed by atoms with van der Waals surface area (Å²) in [5, 5.41) is 0. The average Bonchev–Trinajstić information content (AvgIpc) is 2.76. The predicted octanol–water partition coefficient (Wildman–Crippen LogP) is 5.62. The number of ether oxygens (including phenoxy) is 2. The molecule has 0 amide bonds. The number of rotatable bonds is 6. The van der Waals surface area contributed by atoms with Crippen LogP contribution in [0.25, 0.3) is 0 Å². The maximum atomic E-state index is 14.5. The van der Waals surface area contributed by atoms with E-state index in [1.165, 1.54) is 24.3 Å². The minimum absolute atomic E-state index is 0.205. The lowest BCUT2D eigenvalue weighted by Gasteiger charge is -2.41. The zero-order valence-corrected chi connectivity index (χ0v) is 17.0. The molecule has 0 spiro atoms. The molecule has 2 aromatic carbocycles. The van der Waals surface area contributed by atoms with Gasteiger partial charge in [-0.2, -0.15) is 22.0 Å². The van der Waals surface area contributed by atoms with Gasteiger partial charge in [0, 0.05) is 18.2 Å². The summed E-state index contributed by atoms with van der Waals surface area (Å²) < 4.78 is 87.2. The van der Waals surface area contributed by atoms with Crippen LogP contribution in [-0.2, 0) is 15.7 Å². The van der Waals surface area contributed by atoms with E-state index in [2.05, 4.69) is 9.47 Å². The first-order valence-corrected chi connectivity index (χ1v) is 9.81. The highest BCUT2D eigenvalue weighted by atomic mass is 19.4. The van der Waals surface area contributed by atoms with Crippen LogP contribution in [0.1, 0.15) is 40.2 Å². The van der Waals surface area contributed by atoms with Gasteiger partial charge in [0.25, 0.3) is 0 Å². The summed E-state index contributed by atoms with van der Waals surface area (Å²) >= 11 is 0. The summed E-state index contributed by atoms with van der Waals surface area (Å²) in [7, 11) is 1.12. The van der Waals surface area contributed by atoms with Crippen LogP contribution >= 0.6 is 0 Å². The molecule has 0 bridgehead atoms. The largest absolute Gasteiger partial charge is 0.465 e. The van der Waals surface area contributed by atoms with Gasteiger partial charge in [0.05, 0.1) is 30.9 Å². The lowest BCUT2D eigenvalue weighted by molar-refractivity contribution is -0.137. The van der Waals surface area contributed by atoms with Gasteiger partial charge in [-0.15, -0.1) is 0 Å². The minimum Gasteiger partial charge on any atom is -0.465 e. The van der Waals surface area contributed by atoms with Crippen molar-refractivity contribution in [3.05, 3.63) is 65.0 Å². The number of hydrogen-bond donors (Lipinski definition) is 0. The number of methoxy groups -OCH3 is 1. The molecule has 0 saturated carbocycles. The Morgan fingerprint density at radius 1 is 1.12 bits per heavy atom. The molecule has 0 aliphatic carbocycles. The van der Waals surface area contributed by atoms with Crippen LogP contribution in [0.5, 0.6) is 0 Å². The molecule has 2 atom stereocenters. The van der Waals surface area contributed by atoms with E-state index in [1.807, 2.05) is 0 Å². The second kappa shape index (κ2) is 9.81. The van der Waals surface area contributed by atoms with Gasteiger partial charge in [-0.05, 0) is 48.7 Å². The summed E-state index contributed by atoms with van der Waals surface area (Å²) in [6.45, 7) is -3.03.